The van der Waals surface area contributed by atoms with E-state index in [1.807, 2.05) is 31.2 Å². The Balaban J connectivity index is 0.00000161. The molecule has 0 saturated heterocycles. The van der Waals surface area contributed by atoms with Crippen LogP contribution in [0.15, 0.2) is 24.3 Å². The molecule has 0 fully saturated rings. The molecule has 0 spiro atoms. The Morgan fingerprint density at radius 3 is 2.81 bits per heavy atom. The van der Waals surface area contributed by atoms with Gasteiger partial charge >= 0.3 is 0 Å². The molecule has 1 unspecified atom stereocenters. The summed E-state index contributed by atoms with van der Waals surface area (Å²) < 4.78 is 0. The molecular weight excluding hydrogens is 288 g/mol. The molecule has 0 saturated carbocycles. The van der Waals surface area contributed by atoms with Gasteiger partial charge in [-0.2, -0.15) is 5.10 Å². The molecule has 0 aliphatic carbocycles. The number of nitrogens with zero attached hydrogens (tertiary/aromatic N) is 2. The number of hydrogen-bond acceptors (Lipinski definition) is 4. The maximum atomic E-state index is 9.45. The van der Waals surface area contributed by atoms with Crippen LogP contribution < -0.4 is 5.32 Å². The van der Waals surface area contributed by atoms with E-state index < -0.39 is 0 Å². The van der Waals surface area contributed by atoms with Crippen LogP contribution in [-0.4, -0.2) is 32.9 Å². The third-order valence-electron chi connectivity index (χ3n) is 3.64. The van der Waals surface area contributed by atoms with Crippen LogP contribution in [0, 0.1) is 6.92 Å². The number of aryl methyl sites for hydroxylation is 1. The largest absolute Gasteiger partial charge is 0.394 e. The van der Waals surface area contributed by atoms with Gasteiger partial charge in [-0.1, -0.05) is 25.1 Å². The first-order valence-corrected chi connectivity index (χ1v) is 6.85. The van der Waals surface area contributed by atoms with Crippen LogP contribution in [0.3, 0.4) is 0 Å². The highest BCUT2D eigenvalue weighted by Gasteiger charge is 2.15. The molecule has 2 aromatic heterocycles. The second-order valence-electron chi connectivity index (χ2n) is 4.98. The van der Waals surface area contributed by atoms with E-state index in [1.54, 1.807) is 0 Å². The third kappa shape index (κ3) is 2.66. The average Bonchev–Trinajstić information content (AvgIpc) is 2.85. The van der Waals surface area contributed by atoms with Crippen molar-refractivity contribution in [1.29, 1.82) is 0 Å². The van der Waals surface area contributed by atoms with Gasteiger partial charge in [0.1, 0.15) is 0 Å². The number of nitrogens with one attached hydrogen (secondary N) is 2. The number of H-pyrrole nitrogens is 1. The number of aromatic nitrogens is 3. The Morgan fingerprint density at radius 2 is 2.10 bits per heavy atom. The van der Waals surface area contributed by atoms with E-state index in [4.69, 9.17) is 0 Å². The predicted octanol–water partition coefficient (Wildman–Crippen LogP) is 3.02. The SMILES string of the molecule is CCC(CO)Nc1c2ccccc2nc2n[nH]c(C)c12.Cl. The van der Waals surface area contributed by atoms with Crippen molar-refractivity contribution in [2.75, 3.05) is 11.9 Å². The van der Waals surface area contributed by atoms with Crippen LogP contribution in [0.1, 0.15) is 19.0 Å². The van der Waals surface area contributed by atoms with Gasteiger partial charge in [0.2, 0.25) is 0 Å². The fourth-order valence-electron chi connectivity index (χ4n) is 2.46. The highest BCUT2D eigenvalue weighted by Crippen LogP contribution is 2.32. The third-order valence-corrected chi connectivity index (χ3v) is 3.64. The van der Waals surface area contributed by atoms with Gasteiger partial charge in [-0.05, 0) is 19.4 Å². The number of benzene rings is 1. The monoisotopic (exact) mass is 306 g/mol. The quantitative estimate of drug-likeness (QED) is 0.692. The van der Waals surface area contributed by atoms with E-state index in [2.05, 4.69) is 27.4 Å². The molecule has 112 valence electrons. The van der Waals surface area contributed by atoms with Crippen molar-refractivity contribution in [2.24, 2.45) is 0 Å². The van der Waals surface area contributed by atoms with E-state index in [0.29, 0.717) is 5.65 Å². The molecule has 0 amide bonds. The van der Waals surface area contributed by atoms with Crippen LogP contribution in [0.2, 0.25) is 0 Å². The number of anilines is 1. The number of pyridine rings is 1. The van der Waals surface area contributed by atoms with Gasteiger partial charge < -0.3 is 10.4 Å². The molecule has 3 N–H and O–H groups in total. The second kappa shape index (κ2) is 6.28. The van der Waals surface area contributed by atoms with E-state index in [0.717, 1.165) is 34.1 Å². The van der Waals surface area contributed by atoms with Gasteiger partial charge in [0.15, 0.2) is 5.65 Å². The van der Waals surface area contributed by atoms with E-state index in [-0.39, 0.29) is 25.1 Å². The lowest BCUT2D eigenvalue weighted by molar-refractivity contribution is 0.272. The van der Waals surface area contributed by atoms with Crippen molar-refractivity contribution < 1.29 is 5.11 Å². The Labute approximate surface area is 129 Å². The summed E-state index contributed by atoms with van der Waals surface area (Å²) in [5.74, 6) is 0. The zero-order valence-electron chi connectivity index (χ0n) is 12.1. The molecule has 0 radical (unpaired) electrons. The number of hydrogen-bond donors (Lipinski definition) is 3. The molecule has 0 bridgehead atoms. The van der Waals surface area contributed by atoms with E-state index in [1.165, 1.54) is 0 Å². The first-order chi connectivity index (χ1) is 9.74. The molecular formula is C15H19ClN4O. The molecule has 6 heteroatoms. The first-order valence-electron chi connectivity index (χ1n) is 6.85. The summed E-state index contributed by atoms with van der Waals surface area (Å²) in [6, 6.07) is 8.01. The summed E-state index contributed by atoms with van der Waals surface area (Å²) in [5, 5.41) is 22.2. The predicted molar refractivity (Wildman–Crippen MR) is 88.2 cm³/mol. The molecule has 3 rings (SSSR count). The number of halogens is 1. The molecule has 1 atom stereocenters. The maximum Gasteiger partial charge on any atom is 0.183 e. The van der Waals surface area contributed by atoms with Crippen LogP contribution in [0.5, 0.6) is 0 Å². The fraction of sp³-hybridized carbons (Fsp3) is 0.333. The number of fused-ring (bicyclic) bond motifs is 2. The lowest BCUT2D eigenvalue weighted by Gasteiger charge is -2.18. The number of aliphatic hydroxyl groups is 1. The molecule has 0 aliphatic heterocycles. The Hall–Kier alpha value is -1.85. The minimum atomic E-state index is 0. The molecule has 2 heterocycles. The summed E-state index contributed by atoms with van der Waals surface area (Å²) in [6.45, 7) is 4.14. The molecule has 0 aliphatic rings. The highest BCUT2D eigenvalue weighted by atomic mass is 35.5. The van der Waals surface area contributed by atoms with Crippen molar-refractivity contribution in [3.05, 3.63) is 30.0 Å². The Morgan fingerprint density at radius 1 is 1.33 bits per heavy atom. The standard InChI is InChI=1S/C15H18N4O.ClH/c1-3-10(8-20)16-14-11-6-4-5-7-12(11)17-15-13(14)9(2)18-19-15;/h4-7,10,20H,3,8H2,1-2H3,(H2,16,17,18,19);1H. The van der Waals surface area contributed by atoms with Gasteiger partial charge in [0.25, 0.3) is 0 Å². The van der Waals surface area contributed by atoms with Crippen molar-refractivity contribution >= 4 is 40.0 Å². The van der Waals surface area contributed by atoms with Crippen LogP contribution in [0.25, 0.3) is 21.9 Å². The Kier molecular flexibility index (Phi) is 4.65. The van der Waals surface area contributed by atoms with Gasteiger partial charge in [0, 0.05) is 17.1 Å². The van der Waals surface area contributed by atoms with Crippen molar-refractivity contribution in [3.63, 3.8) is 0 Å². The number of aromatic amines is 1. The number of para-hydroxylation sites is 1. The van der Waals surface area contributed by atoms with Crippen molar-refractivity contribution in [1.82, 2.24) is 15.2 Å². The zero-order valence-corrected chi connectivity index (χ0v) is 12.9. The number of aliphatic hydroxyl groups excluding tert-OH is 1. The normalized spacial score (nSPS) is 12.3. The number of rotatable bonds is 4. The van der Waals surface area contributed by atoms with Gasteiger partial charge in [0.05, 0.1) is 23.2 Å². The lowest BCUT2D eigenvalue weighted by atomic mass is 10.1. The van der Waals surface area contributed by atoms with Crippen molar-refractivity contribution in [2.45, 2.75) is 26.3 Å². The highest BCUT2D eigenvalue weighted by molar-refractivity contribution is 6.07. The van der Waals surface area contributed by atoms with Gasteiger partial charge in [-0.25, -0.2) is 4.98 Å². The van der Waals surface area contributed by atoms with Crippen molar-refractivity contribution in [3.8, 4) is 0 Å². The van der Waals surface area contributed by atoms with E-state index >= 15 is 0 Å². The summed E-state index contributed by atoms with van der Waals surface area (Å²) >= 11 is 0. The summed E-state index contributed by atoms with van der Waals surface area (Å²) in [7, 11) is 0. The minimum absolute atomic E-state index is 0. The van der Waals surface area contributed by atoms with Gasteiger partial charge in [-0.3, -0.25) is 5.10 Å². The van der Waals surface area contributed by atoms with Crippen LogP contribution in [0.4, 0.5) is 5.69 Å². The average molecular weight is 307 g/mol. The van der Waals surface area contributed by atoms with Crippen LogP contribution >= 0.6 is 12.4 Å². The molecule has 5 nitrogen and oxygen atoms in total. The second-order valence-corrected chi connectivity index (χ2v) is 4.98. The smallest absolute Gasteiger partial charge is 0.183 e. The zero-order chi connectivity index (χ0) is 14.1. The molecule has 1 aromatic carbocycles. The van der Waals surface area contributed by atoms with Gasteiger partial charge in [-0.15, -0.1) is 12.4 Å². The first kappa shape index (κ1) is 15.5. The lowest BCUT2D eigenvalue weighted by Crippen LogP contribution is -2.23. The molecule has 21 heavy (non-hydrogen) atoms. The summed E-state index contributed by atoms with van der Waals surface area (Å²) in [5.41, 5.74) is 3.59. The summed E-state index contributed by atoms with van der Waals surface area (Å²) in [6.07, 6.45) is 0.853. The van der Waals surface area contributed by atoms with E-state index in [9.17, 15) is 5.11 Å². The maximum absolute atomic E-state index is 9.45. The van der Waals surface area contributed by atoms with Crippen LogP contribution in [-0.2, 0) is 0 Å². The topological polar surface area (TPSA) is 73.8 Å². The summed E-state index contributed by atoms with van der Waals surface area (Å²) in [4.78, 5) is 4.57. The Bertz CT molecular complexity index is 752. The minimum Gasteiger partial charge on any atom is -0.394 e. The fourth-order valence-corrected chi connectivity index (χ4v) is 2.46. The molecule has 3 aromatic rings.